The lowest BCUT2D eigenvalue weighted by Crippen LogP contribution is -2.07. The number of fused-ring (bicyclic) bond motifs is 14. The van der Waals surface area contributed by atoms with Gasteiger partial charge in [-0.05, 0) is 90.5 Å². The summed E-state index contributed by atoms with van der Waals surface area (Å²) < 4.78 is 53.8. The van der Waals surface area contributed by atoms with E-state index in [0.717, 1.165) is 111 Å². The maximum atomic E-state index is 15.0. The van der Waals surface area contributed by atoms with Crippen LogP contribution in [0, 0.1) is 11.3 Å². The van der Waals surface area contributed by atoms with Gasteiger partial charge in [0.25, 0.3) is 0 Å². The lowest BCUT2D eigenvalue weighted by atomic mass is 9.98. The molecule has 0 fully saturated rings. The molecular formula is C61H35F3N6. The van der Waals surface area contributed by atoms with Crippen LogP contribution in [-0.2, 0) is 6.18 Å². The highest BCUT2D eigenvalue weighted by atomic mass is 19.4. The molecule has 0 aliphatic carbocycles. The van der Waals surface area contributed by atoms with Crippen molar-refractivity contribution in [1.29, 1.82) is 5.26 Å². The van der Waals surface area contributed by atoms with Crippen molar-refractivity contribution in [2.75, 3.05) is 0 Å². The van der Waals surface area contributed by atoms with Gasteiger partial charge >= 0.3 is 6.18 Å². The van der Waals surface area contributed by atoms with Crippen LogP contribution in [-0.4, -0.2) is 23.3 Å². The number of pyridine rings is 1. The molecule has 0 atom stereocenters. The summed E-state index contributed by atoms with van der Waals surface area (Å²) >= 11 is 0. The maximum absolute atomic E-state index is 15.0. The number of nitriles is 1. The third-order valence-electron chi connectivity index (χ3n) is 14.0. The summed E-state index contributed by atoms with van der Waals surface area (Å²) in [5, 5.41) is 18.4. The molecule has 0 spiro atoms. The molecule has 0 unspecified atom stereocenters. The van der Waals surface area contributed by atoms with Crippen molar-refractivity contribution in [3.05, 3.63) is 224 Å². The van der Waals surface area contributed by atoms with Crippen LogP contribution in [0.5, 0.6) is 0 Å². The molecule has 0 aliphatic heterocycles. The third-order valence-corrected chi connectivity index (χ3v) is 14.0. The van der Waals surface area contributed by atoms with Gasteiger partial charge < -0.3 is 13.7 Å². The van der Waals surface area contributed by atoms with E-state index in [1.54, 1.807) is 12.3 Å². The molecule has 6 nitrogen and oxygen atoms in total. The molecule has 5 heterocycles. The van der Waals surface area contributed by atoms with Crippen molar-refractivity contribution >= 4 is 87.2 Å². The van der Waals surface area contributed by atoms with E-state index in [1.807, 2.05) is 97.1 Å². The van der Waals surface area contributed by atoms with Crippen LogP contribution < -0.4 is 0 Å². The molecule has 5 aromatic heterocycles. The number of hydrogen-bond donors (Lipinski definition) is 0. The average molecular weight is 909 g/mol. The minimum atomic E-state index is -4.72. The molecule has 0 amide bonds. The fraction of sp³-hybridized carbons (Fsp3) is 0.0164. The van der Waals surface area contributed by atoms with Crippen molar-refractivity contribution < 1.29 is 13.2 Å². The molecule has 0 saturated heterocycles. The van der Waals surface area contributed by atoms with E-state index in [4.69, 9.17) is 4.98 Å². The second-order valence-corrected chi connectivity index (χ2v) is 17.8. The van der Waals surface area contributed by atoms with Crippen LogP contribution in [0.25, 0.3) is 121 Å². The maximum Gasteiger partial charge on any atom is 0.416 e. The van der Waals surface area contributed by atoms with Gasteiger partial charge in [-0.1, -0.05) is 121 Å². The highest BCUT2D eigenvalue weighted by Crippen LogP contribution is 2.46. The molecule has 0 radical (unpaired) electrons. The first-order chi connectivity index (χ1) is 34.4. The fourth-order valence-electron chi connectivity index (χ4n) is 11.2. The Labute approximate surface area is 397 Å². The molecule has 9 aromatic carbocycles. The number of para-hydroxylation sites is 6. The van der Waals surface area contributed by atoms with E-state index >= 15 is 0 Å². The van der Waals surface area contributed by atoms with Crippen LogP contribution in [0.2, 0.25) is 0 Å². The first-order valence-electron chi connectivity index (χ1n) is 23.0. The number of benzene rings is 9. The number of nitrogens with zero attached hydrogens (tertiary/aromatic N) is 6. The predicted molar refractivity (Wildman–Crippen MR) is 277 cm³/mol. The Balaban J connectivity index is 1.14. The Morgan fingerprint density at radius 3 is 1.39 bits per heavy atom. The molecule has 0 saturated carbocycles. The number of hydrogen-bond acceptors (Lipinski definition) is 2. The minimum absolute atomic E-state index is 0.100. The summed E-state index contributed by atoms with van der Waals surface area (Å²) in [6.07, 6.45) is -2.92. The normalized spacial score (nSPS) is 12.2. The lowest BCUT2D eigenvalue weighted by Gasteiger charge is -2.18. The van der Waals surface area contributed by atoms with Gasteiger partial charge in [0.1, 0.15) is 5.82 Å². The topological polar surface area (TPSA) is 56.4 Å². The summed E-state index contributed by atoms with van der Waals surface area (Å²) in [5.74, 6) is 0.511. The number of rotatable bonds is 5. The van der Waals surface area contributed by atoms with Gasteiger partial charge in [-0.15, -0.1) is 0 Å². The van der Waals surface area contributed by atoms with Crippen molar-refractivity contribution in [2.24, 2.45) is 0 Å². The quantitative estimate of drug-likeness (QED) is 0.173. The highest BCUT2D eigenvalue weighted by Gasteiger charge is 2.32. The number of halogens is 3. The first-order valence-corrected chi connectivity index (χ1v) is 23.0. The lowest BCUT2D eigenvalue weighted by molar-refractivity contribution is -0.137. The number of aromatic nitrogens is 5. The molecule has 0 N–H and O–H groups in total. The number of alkyl halides is 3. The molecule has 0 bridgehead atoms. The predicted octanol–water partition coefficient (Wildman–Crippen LogP) is 16.0. The van der Waals surface area contributed by atoms with Crippen LogP contribution in [0.1, 0.15) is 11.1 Å². The largest absolute Gasteiger partial charge is 0.416 e. The van der Waals surface area contributed by atoms with Crippen molar-refractivity contribution in [2.45, 2.75) is 6.18 Å². The van der Waals surface area contributed by atoms with Gasteiger partial charge in [0, 0.05) is 60.0 Å². The minimum Gasteiger partial charge on any atom is -0.309 e. The summed E-state index contributed by atoms with van der Waals surface area (Å²) in [5.41, 5.74) is 9.88. The van der Waals surface area contributed by atoms with Gasteiger partial charge in [0.05, 0.1) is 73.2 Å². The van der Waals surface area contributed by atoms with E-state index in [-0.39, 0.29) is 11.1 Å². The smallest absolute Gasteiger partial charge is 0.309 e. The second kappa shape index (κ2) is 14.8. The molecule has 14 rings (SSSR count). The first kappa shape index (κ1) is 39.7. The summed E-state index contributed by atoms with van der Waals surface area (Å²) in [4.78, 5) is 5.38. The zero-order valence-electron chi connectivity index (χ0n) is 37.0. The van der Waals surface area contributed by atoms with Crippen LogP contribution in [0.15, 0.2) is 212 Å². The Hall–Kier alpha value is -9.39. The van der Waals surface area contributed by atoms with E-state index < -0.39 is 11.7 Å². The molecule has 0 aliphatic rings. The summed E-state index contributed by atoms with van der Waals surface area (Å²) in [6, 6.07) is 69.8. The zero-order chi connectivity index (χ0) is 46.8. The van der Waals surface area contributed by atoms with Gasteiger partial charge in [-0.2, -0.15) is 18.4 Å². The van der Waals surface area contributed by atoms with E-state index in [0.29, 0.717) is 17.1 Å². The molecule has 9 heteroatoms. The zero-order valence-corrected chi connectivity index (χ0v) is 37.0. The molecule has 14 aromatic rings. The van der Waals surface area contributed by atoms with Crippen LogP contribution in [0.4, 0.5) is 13.2 Å². The standard InChI is InChI=1S/C61H35F3N6/c62-61(63,64)39-32-37(35-65)31-38(33-39)48-34-56(70-50-24-12-8-20-43(50)45-28-30-54-58(60(45)70)47-22-10-14-26-52(47)68(54)41-17-5-2-6-18-41)66-36-55(48)69-49-23-11-7-19-42(49)44-27-29-53-57(59(44)69)46-21-9-13-25-51(46)67(53)40-15-3-1-4-16-40/h1-34,36H. The molecule has 70 heavy (non-hydrogen) atoms. The van der Waals surface area contributed by atoms with Gasteiger partial charge in [0.2, 0.25) is 0 Å². The second-order valence-electron chi connectivity index (χ2n) is 17.8. The van der Waals surface area contributed by atoms with Crippen molar-refractivity contribution in [1.82, 2.24) is 23.3 Å². The third kappa shape index (κ3) is 5.65. The SMILES string of the molecule is N#Cc1cc(-c2cc(-n3c4ccccc4c4ccc5c(c6ccccc6n5-c5ccccc5)c43)ncc2-n2c3ccccc3c3ccc4c(c5ccccc5n4-c4ccccc4)c32)cc(C(F)(F)F)c1. The Morgan fingerprint density at radius 1 is 0.414 bits per heavy atom. The summed E-state index contributed by atoms with van der Waals surface area (Å²) in [6.45, 7) is 0. The van der Waals surface area contributed by atoms with Gasteiger partial charge in [0.15, 0.2) is 0 Å². The fourth-order valence-corrected chi connectivity index (χ4v) is 11.2. The van der Waals surface area contributed by atoms with E-state index in [9.17, 15) is 18.4 Å². The van der Waals surface area contributed by atoms with Gasteiger partial charge in [-0.3, -0.25) is 4.57 Å². The average Bonchev–Trinajstić information content (AvgIpc) is 4.13. The molecular weight excluding hydrogens is 874 g/mol. The van der Waals surface area contributed by atoms with E-state index in [1.165, 1.54) is 0 Å². The Bertz CT molecular complexity index is 4530. The van der Waals surface area contributed by atoms with E-state index in [2.05, 4.69) is 115 Å². The van der Waals surface area contributed by atoms with Crippen LogP contribution in [0.3, 0.4) is 0 Å². The molecule has 330 valence electrons. The Morgan fingerprint density at radius 2 is 0.871 bits per heavy atom. The van der Waals surface area contributed by atoms with Crippen molar-refractivity contribution in [3.63, 3.8) is 0 Å². The highest BCUT2D eigenvalue weighted by molar-refractivity contribution is 6.27. The van der Waals surface area contributed by atoms with Gasteiger partial charge in [-0.25, -0.2) is 4.98 Å². The Kier molecular flexibility index (Phi) is 8.41. The monoisotopic (exact) mass is 908 g/mol. The van der Waals surface area contributed by atoms with Crippen LogP contribution >= 0.6 is 0 Å². The summed E-state index contributed by atoms with van der Waals surface area (Å²) in [7, 11) is 0. The van der Waals surface area contributed by atoms with Crippen molar-refractivity contribution in [3.8, 4) is 40.1 Å².